The van der Waals surface area contributed by atoms with Gasteiger partial charge < -0.3 is 14.8 Å². The number of hydrogen-bond acceptors (Lipinski definition) is 5. The van der Waals surface area contributed by atoms with Crippen LogP contribution in [0.3, 0.4) is 0 Å². The number of benzene rings is 2. The van der Waals surface area contributed by atoms with E-state index in [0.717, 1.165) is 10.6 Å². The van der Waals surface area contributed by atoms with Crippen molar-refractivity contribution >= 4 is 33.2 Å². The lowest BCUT2D eigenvalue weighted by atomic mass is 9.87. The molecule has 33 heavy (non-hydrogen) atoms. The van der Waals surface area contributed by atoms with E-state index in [1.165, 1.54) is 18.7 Å². The van der Waals surface area contributed by atoms with Gasteiger partial charge in [0.05, 0.1) is 30.6 Å². The summed E-state index contributed by atoms with van der Waals surface area (Å²) in [5.74, 6) is 0.704. The van der Waals surface area contributed by atoms with E-state index in [1.807, 2.05) is 24.3 Å². The molecule has 0 aliphatic heterocycles. The summed E-state index contributed by atoms with van der Waals surface area (Å²) in [5, 5.41) is 3.03. The highest BCUT2D eigenvalue weighted by molar-refractivity contribution is 7.92. The van der Waals surface area contributed by atoms with Crippen LogP contribution in [0.5, 0.6) is 11.5 Å². The molecule has 182 valence electrons. The molecule has 0 aliphatic rings. The molecule has 7 nitrogen and oxygen atoms in total. The van der Waals surface area contributed by atoms with E-state index in [-0.39, 0.29) is 30.0 Å². The van der Waals surface area contributed by atoms with Gasteiger partial charge in [-0.1, -0.05) is 51.4 Å². The highest BCUT2D eigenvalue weighted by atomic mass is 35.5. The smallest absolute Gasteiger partial charge is 0.244 e. The van der Waals surface area contributed by atoms with Crippen LogP contribution in [0.15, 0.2) is 42.5 Å². The van der Waals surface area contributed by atoms with Crippen molar-refractivity contribution in [2.24, 2.45) is 0 Å². The minimum Gasteiger partial charge on any atom is -0.495 e. The molecule has 0 aromatic heterocycles. The van der Waals surface area contributed by atoms with Crippen LogP contribution in [0.1, 0.15) is 39.7 Å². The van der Waals surface area contributed by atoms with Crippen LogP contribution in [0.2, 0.25) is 5.02 Å². The van der Waals surface area contributed by atoms with Gasteiger partial charge in [-0.25, -0.2) is 8.42 Å². The van der Waals surface area contributed by atoms with E-state index in [0.29, 0.717) is 17.2 Å². The quantitative estimate of drug-likeness (QED) is 0.493. The lowest BCUT2D eigenvalue weighted by molar-refractivity contribution is -0.122. The van der Waals surface area contributed by atoms with Gasteiger partial charge in [0.1, 0.15) is 24.1 Å². The summed E-state index contributed by atoms with van der Waals surface area (Å²) in [6, 6.07) is 11.5. The van der Waals surface area contributed by atoms with E-state index in [2.05, 4.69) is 26.1 Å². The Labute approximate surface area is 202 Å². The topological polar surface area (TPSA) is 84.9 Å². The number of hydrogen-bond donors (Lipinski definition) is 1. The molecule has 0 bridgehead atoms. The summed E-state index contributed by atoms with van der Waals surface area (Å²) in [6.45, 7) is 8.66. The van der Waals surface area contributed by atoms with Gasteiger partial charge in [-0.15, -0.1) is 0 Å². The normalized spacial score (nSPS) is 12.7. The lowest BCUT2D eigenvalue weighted by Crippen LogP contribution is -2.50. The summed E-state index contributed by atoms with van der Waals surface area (Å²) in [7, 11) is -2.29. The molecule has 1 amide bonds. The summed E-state index contributed by atoms with van der Waals surface area (Å²) >= 11 is 6.18. The van der Waals surface area contributed by atoms with Gasteiger partial charge in [0.25, 0.3) is 0 Å². The maximum absolute atomic E-state index is 12.9. The third-order valence-corrected chi connectivity index (χ3v) is 6.59. The van der Waals surface area contributed by atoms with Crippen molar-refractivity contribution in [2.45, 2.75) is 45.6 Å². The Hall–Kier alpha value is -2.45. The third kappa shape index (κ3) is 7.27. The molecular weight excluding hydrogens is 464 g/mol. The van der Waals surface area contributed by atoms with Crippen LogP contribution in [0.25, 0.3) is 0 Å². The van der Waals surface area contributed by atoms with Crippen molar-refractivity contribution in [3.05, 3.63) is 53.1 Å². The summed E-state index contributed by atoms with van der Waals surface area (Å²) < 4.78 is 37.1. The molecule has 0 aliphatic carbocycles. The van der Waals surface area contributed by atoms with Gasteiger partial charge >= 0.3 is 0 Å². The minimum absolute atomic E-state index is 0.0568. The maximum atomic E-state index is 12.9. The number of sulfonamides is 1. The Morgan fingerprint density at radius 3 is 2.27 bits per heavy atom. The highest BCUT2D eigenvalue weighted by Crippen LogP contribution is 2.32. The van der Waals surface area contributed by atoms with Crippen molar-refractivity contribution in [1.29, 1.82) is 0 Å². The molecule has 0 saturated carbocycles. The Bertz CT molecular complexity index is 1050. The molecule has 0 saturated heterocycles. The number of ether oxygens (including phenoxy) is 2. The van der Waals surface area contributed by atoms with Crippen LogP contribution in [0.4, 0.5) is 5.69 Å². The number of rotatable bonds is 10. The summed E-state index contributed by atoms with van der Waals surface area (Å²) in [4.78, 5) is 12.9. The van der Waals surface area contributed by atoms with Crippen molar-refractivity contribution in [2.75, 3.05) is 30.8 Å². The van der Waals surface area contributed by atoms with E-state index in [1.54, 1.807) is 19.1 Å². The zero-order valence-corrected chi connectivity index (χ0v) is 21.6. The van der Waals surface area contributed by atoms with Crippen molar-refractivity contribution in [1.82, 2.24) is 5.32 Å². The monoisotopic (exact) mass is 496 g/mol. The van der Waals surface area contributed by atoms with Gasteiger partial charge in [0, 0.05) is 0 Å². The molecule has 1 atom stereocenters. The first-order valence-corrected chi connectivity index (χ1v) is 12.9. The van der Waals surface area contributed by atoms with Gasteiger partial charge in [-0.05, 0) is 47.7 Å². The maximum Gasteiger partial charge on any atom is 0.244 e. The van der Waals surface area contributed by atoms with Crippen LogP contribution in [-0.4, -0.2) is 46.9 Å². The Balaban J connectivity index is 2.05. The molecule has 2 aromatic carbocycles. The summed E-state index contributed by atoms with van der Waals surface area (Å²) in [5.41, 5.74) is 1.55. The fourth-order valence-corrected chi connectivity index (χ4v) is 4.82. The number of nitrogens with one attached hydrogen (secondary N) is 1. The molecule has 9 heteroatoms. The average Bonchev–Trinajstić information content (AvgIpc) is 2.73. The third-order valence-electron chi connectivity index (χ3n) is 5.11. The zero-order chi connectivity index (χ0) is 24.8. The second-order valence-corrected chi connectivity index (χ2v) is 11.0. The van der Waals surface area contributed by atoms with Crippen molar-refractivity contribution in [3.63, 3.8) is 0 Å². The molecule has 2 aromatic rings. The van der Waals surface area contributed by atoms with E-state index >= 15 is 0 Å². The molecule has 1 N–H and O–H groups in total. The number of carbonyl (C=O) groups excluding carboxylic acids is 1. The van der Waals surface area contributed by atoms with E-state index in [9.17, 15) is 13.2 Å². The first kappa shape index (κ1) is 26.8. The van der Waals surface area contributed by atoms with E-state index < -0.39 is 22.0 Å². The minimum atomic E-state index is -3.76. The van der Waals surface area contributed by atoms with Crippen LogP contribution >= 0.6 is 11.6 Å². The molecule has 0 spiro atoms. The number of anilines is 1. The van der Waals surface area contributed by atoms with Gasteiger partial charge in [0.2, 0.25) is 15.9 Å². The lowest BCUT2D eigenvalue weighted by Gasteiger charge is -2.30. The van der Waals surface area contributed by atoms with Crippen molar-refractivity contribution in [3.8, 4) is 11.5 Å². The highest BCUT2D eigenvalue weighted by Gasteiger charge is 2.31. The van der Waals surface area contributed by atoms with Gasteiger partial charge in [0.15, 0.2) is 0 Å². The molecule has 0 unspecified atom stereocenters. The largest absolute Gasteiger partial charge is 0.495 e. The standard InChI is InChI=1S/C24H33ClN2O5S/c1-7-21(27(33(6,29)30)18-10-13-22(31-5)20(25)16-18)23(28)26-14-15-32-19-11-8-17(9-12-19)24(2,3)4/h8-13,16,21H,7,14-15H2,1-6H3,(H,26,28)/t21-/m0/s1. The molecule has 2 rings (SSSR count). The second-order valence-electron chi connectivity index (χ2n) is 8.72. The number of halogens is 1. The van der Waals surface area contributed by atoms with E-state index in [4.69, 9.17) is 21.1 Å². The Morgan fingerprint density at radius 2 is 1.79 bits per heavy atom. The SMILES string of the molecule is CC[C@@H](C(=O)NCCOc1ccc(C(C)(C)C)cc1)N(c1ccc(OC)c(Cl)c1)S(C)(=O)=O. The first-order chi connectivity index (χ1) is 15.4. The zero-order valence-electron chi connectivity index (χ0n) is 20.0. The number of carbonyl (C=O) groups is 1. The Kier molecular flexibility index (Phi) is 9.03. The number of nitrogens with zero attached hydrogens (tertiary/aromatic N) is 1. The first-order valence-electron chi connectivity index (χ1n) is 10.7. The molecule has 0 radical (unpaired) electrons. The van der Waals surface area contributed by atoms with Crippen LogP contribution < -0.4 is 19.1 Å². The number of methoxy groups -OCH3 is 1. The average molecular weight is 497 g/mol. The fourth-order valence-electron chi connectivity index (χ4n) is 3.36. The summed E-state index contributed by atoms with van der Waals surface area (Å²) in [6.07, 6.45) is 1.34. The molecular formula is C24H33ClN2O5S. The van der Waals surface area contributed by atoms with Crippen LogP contribution in [0, 0.1) is 0 Å². The predicted octanol–water partition coefficient (Wildman–Crippen LogP) is 4.39. The van der Waals surface area contributed by atoms with Gasteiger partial charge in [-0.3, -0.25) is 9.10 Å². The fraction of sp³-hybridized carbons (Fsp3) is 0.458. The predicted molar refractivity (Wildman–Crippen MR) is 133 cm³/mol. The number of amides is 1. The molecule has 0 heterocycles. The second kappa shape index (κ2) is 11.1. The van der Waals surface area contributed by atoms with Crippen molar-refractivity contribution < 1.29 is 22.7 Å². The Morgan fingerprint density at radius 1 is 1.15 bits per heavy atom. The van der Waals surface area contributed by atoms with Crippen LogP contribution in [-0.2, 0) is 20.2 Å². The molecule has 0 fully saturated rings. The van der Waals surface area contributed by atoms with Gasteiger partial charge in [-0.2, -0.15) is 0 Å².